The highest BCUT2D eigenvalue weighted by molar-refractivity contribution is 5.25. The summed E-state index contributed by atoms with van der Waals surface area (Å²) in [6.45, 7) is 6.57. The van der Waals surface area contributed by atoms with E-state index in [0.717, 1.165) is 12.5 Å². The first-order valence-corrected chi connectivity index (χ1v) is 6.28. The van der Waals surface area contributed by atoms with Crippen molar-refractivity contribution in [3.63, 3.8) is 0 Å². The first-order valence-electron chi connectivity index (χ1n) is 6.28. The summed E-state index contributed by atoms with van der Waals surface area (Å²) in [5.74, 6) is 0.898. The number of pyridine rings is 1. The quantitative estimate of drug-likeness (QED) is 0.779. The van der Waals surface area contributed by atoms with Crippen LogP contribution in [0.15, 0.2) is 18.3 Å². The molecule has 0 bridgehead atoms. The van der Waals surface area contributed by atoms with Crippen molar-refractivity contribution in [3.05, 3.63) is 29.6 Å². The summed E-state index contributed by atoms with van der Waals surface area (Å²) in [7, 11) is 0. The fourth-order valence-electron chi connectivity index (χ4n) is 1.96. The van der Waals surface area contributed by atoms with E-state index >= 15 is 0 Å². The average Bonchev–Trinajstić information content (AvgIpc) is 3.12. The number of hydrogen-bond acceptors (Lipinski definition) is 3. The van der Waals surface area contributed by atoms with Crippen LogP contribution in [0, 0.1) is 17.2 Å². The molecule has 0 radical (unpaired) electrons. The summed E-state index contributed by atoms with van der Waals surface area (Å²) in [5.41, 5.74) is 1.70. The third kappa shape index (κ3) is 3.54. The number of rotatable bonds is 5. The highest BCUT2D eigenvalue weighted by atomic mass is 15.1. The van der Waals surface area contributed by atoms with Gasteiger partial charge in [-0.3, -0.25) is 4.90 Å². The van der Waals surface area contributed by atoms with Crippen LogP contribution < -0.4 is 0 Å². The number of nitriles is 1. The fourth-order valence-corrected chi connectivity index (χ4v) is 1.96. The van der Waals surface area contributed by atoms with Gasteiger partial charge in [0, 0.05) is 25.3 Å². The van der Waals surface area contributed by atoms with Crippen molar-refractivity contribution < 1.29 is 0 Å². The molecular formula is C14H19N3. The Balaban J connectivity index is 2.02. The fraction of sp³-hybridized carbons (Fsp3) is 0.571. The monoisotopic (exact) mass is 229 g/mol. The molecule has 1 aromatic rings. The predicted octanol–water partition coefficient (Wildman–Crippen LogP) is 2.57. The van der Waals surface area contributed by atoms with Crippen molar-refractivity contribution in [2.45, 2.75) is 39.3 Å². The zero-order valence-electron chi connectivity index (χ0n) is 10.6. The minimum Gasteiger partial charge on any atom is -0.296 e. The first-order chi connectivity index (χ1) is 8.19. The smallest absolute Gasteiger partial charge is 0.140 e. The van der Waals surface area contributed by atoms with Gasteiger partial charge in [-0.25, -0.2) is 4.98 Å². The molecule has 0 atom stereocenters. The second-order valence-electron chi connectivity index (χ2n) is 5.13. The maximum absolute atomic E-state index is 8.83. The van der Waals surface area contributed by atoms with Crippen molar-refractivity contribution in [1.82, 2.24) is 9.88 Å². The van der Waals surface area contributed by atoms with E-state index in [4.69, 9.17) is 5.26 Å². The lowest BCUT2D eigenvalue weighted by atomic mass is 10.2. The molecule has 90 valence electrons. The Morgan fingerprint density at radius 3 is 2.88 bits per heavy atom. The van der Waals surface area contributed by atoms with Crippen LogP contribution in [0.3, 0.4) is 0 Å². The molecule has 0 saturated heterocycles. The lowest BCUT2D eigenvalue weighted by molar-refractivity contribution is 0.203. The summed E-state index contributed by atoms with van der Waals surface area (Å²) >= 11 is 0. The van der Waals surface area contributed by atoms with E-state index in [1.54, 1.807) is 6.20 Å². The van der Waals surface area contributed by atoms with Crippen molar-refractivity contribution >= 4 is 0 Å². The highest BCUT2D eigenvalue weighted by Crippen LogP contribution is 2.30. The van der Waals surface area contributed by atoms with Crippen LogP contribution in [0.25, 0.3) is 0 Å². The van der Waals surface area contributed by atoms with E-state index in [1.807, 2.05) is 12.1 Å². The maximum Gasteiger partial charge on any atom is 0.140 e. The van der Waals surface area contributed by atoms with Gasteiger partial charge in [0.2, 0.25) is 0 Å². The molecular weight excluding hydrogens is 210 g/mol. The summed E-state index contributed by atoms with van der Waals surface area (Å²) in [5, 5.41) is 8.83. The van der Waals surface area contributed by atoms with Gasteiger partial charge in [-0.15, -0.1) is 0 Å². The standard InChI is InChI=1S/C14H19N3/c1-11(2)17(9-12-3-4-12)10-13-5-6-16-14(7-13)8-15/h5-7,11-12H,3-4,9-10H2,1-2H3. The zero-order chi connectivity index (χ0) is 12.3. The van der Waals surface area contributed by atoms with Gasteiger partial charge in [0.15, 0.2) is 0 Å². The topological polar surface area (TPSA) is 39.9 Å². The minimum absolute atomic E-state index is 0.512. The molecule has 1 saturated carbocycles. The Bertz CT molecular complexity index is 416. The van der Waals surface area contributed by atoms with E-state index in [-0.39, 0.29) is 0 Å². The minimum atomic E-state index is 0.512. The molecule has 1 aliphatic carbocycles. The Morgan fingerprint density at radius 1 is 1.53 bits per heavy atom. The van der Waals surface area contributed by atoms with Gasteiger partial charge in [-0.05, 0) is 50.3 Å². The molecule has 0 aromatic carbocycles. The molecule has 1 heterocycles. The van der Waals surface area contributed by atoms with Crippen molar-refractivity contribution in [2.24, 2.45) is 5.92 Å². The van der Waals surface area contributed by atoms with Gasteiger partial charge in [-0.2, -0.15) is 5.26 Å². The molecule has 0 unspecified atom stereocenters. The first kappa shape index (κ1) is 12.1. The normalized spacial score (nSPS) is 15.2. The molecule has 0 aliphatic heterocycles. The van der Waals surface area contributed by atoms with Crippen LogP contribution in [0.4, 0.5) is 0 Å². The van der Waals surface area contributed by atoms with Crippen LogP contribution in [0.2, 0.25) is 0 Å². The maximum atomic E-state index is 8.83. The Labute approximate surface area is 103 Å². The van der Waals surface area contributed by atoms with Gasteiger partial charge in [0.25, 0.3) is 0 Å². The SMILES string of the molecule is CC(C)N(Cc1ccnc(C#N)c1)CC1CC1. The molecule has 0 N–H and O–H groups in total. The molecule has 17 heavy (non-hydrogen) atoms. The Morgan fingerprint density at radius 2 is 2.29 bits per heavy atom. The number of hydrogen-bond donors (Lipinski definition) is 0. The van der Waals surface area contributed by atoms with Crippen molar-refractivity contribution in [2.75, 3.05) is 6.54 Å². The summed E-state index contributed by atoms with van der Waals surface area (Å²) in [6.07, 6.45) is 4.48. The van der Waals surface area contributed by atoms with Crippen LogP contribution in [-0.2, 0) is 6.54 Å². The van der Waals surface area contributed by atoms with Crippen LogP contribution in [-0.4, -0.2) is 22.5 Å². The summed E-state index contributed by atoms with van der Waals surface area (Å²) < 4.78 is 0. The van der Waals surface area contributed by atoms with Gasteiger partial charge >= 0.3 is 0 Å². The third-order valence-electron chi connectivity index (χ3n) is 3.24. The molecule has 2 rings (SSSR count). The molecule has 0 amide bonds. The lowest BCUT2D eigenvalue weighted by Crippen LogP contribution is -2.32. The van der Waals surface area contributed by atoms with E-state index < -0.39 is 0 Å². The van der Waals surface area contributed by atoms with Gasteiger partial charge < -0.3 is 0 Å². The average molecular weight is 229 g/mol. The largest absolute Gasteiger partial charge is 0.296 e. The van der Waals surface area contributed by atoms with E-state index in [2.05, 4.69) is 29.8 Å². The van der Waals surface area contributed by atoms with E-state index in [9.17, 15) is 0 Å². The van der Waals surface area contributed by atoms with Gasteiger partial charge in [0.1, 0.15) is 11.8 Å². The molecule has 1 aliphatic rings. The summed E-state index contributed by atoms with van der Waals surface area (Å²) in [6, 6.07) is 6.54. The molecule has 0 spiro atoms. The second-order valence-corrected chi connectivity index (χ2v) is 5.13. The van der Waals surface area contributed by atoms with Crippen LogP contribution in [0.5, 0.6) is 0 Å². The lowest BCUT2D eigenvalue weighted by Gasteiger charge is -2.26. The number of nitrogens with zero attached hydrogens (tertiary/aromatic N) is 3. The van der Waals surface area contributed by atoms with Crippen LogP contribution >= 0.6 is 0 Å². The highest BCUT2D eigenvalue weighted by Gasteiger charge is 2.25. The molecule has 3 heteroatoms. The third-order valence-corrected chi connectivity index (χ3v) is 3.24. The predicted molar refractivity (Wildman–Crippen MR) is 67.2 cm³/mol. The Kier molecular flexibility index (Phi) is 3.75. The van der Waals surface area contributed by atoms with Crippen LogP contribution in [0.1, 0.15) is 37.9 Å². The van der Waals surface area contributed by atoms with Crippen molar-refractivity contribution in [1.29, 1.82) is 5.26 Å². The summed E-state index contributed by atoms with van der Waals surface area (Å²) in [4.78, 5) is 6.48. The van der Waals surface area contributed by atoms with Gasteiger partial charge in [0.05, 0.1) is 0 Å². The van der Waals surface area contributed by atoms with Gasteiger partial charge in [-0.1, -0.05) is 0 Å². The van der Waals surface area contributed by atoms with E-state index in [0.29, 0.717) is 11.7 Å². The molecule has 1 fully saturated rings. The Hall–Kier alpha value is -1.40. The second kappa shape index (κ2) is 5.29. The van der Waals surface area contributed by atoms with Crippen molar-refractivity contribution in [3.8, 4) is 6.07 Å². The number of aromatic nitrogens is 1. The molecule has 3 nitrogen and oxygen atoms in total. The molecule has 1 aromatic heterocycles. The van der Waals surface area contributed by atoms with E-state index in [1.165, 1.54) is 24.9 Å². The zero-order valence-corrected chi connectivity index (χ0v) is 10.6.